The molecule has 0 unspecified atom stereocenters. The van der Waals surface area contributed by atoms with Gasteiger partial charge in [0.2, 0.25) is 5.82 Å². The predicted molar refractivity (Wildman–Crippen MR) is 132 cm³/mol. The molecule has 2 aromatic heterocycles. The van der Waals surface area contributed by atoms with Crippen molar-refractivity contribution in [2.45, 2.75) is 39.5 Å². The van der Waals surface area contributed by atoms with Crippen LogP contribution in [0.2, 0.25) is 0 Å². The molecular weight excluding hydrogens is 518 g/mol. The molecule has 1 aliphatic rings. The molecule has 0 radical (unpaired) electrons. The van der Waals surface area contributed by atoms with Crippen molar-refractivity contribution in [2.24, 2.45) is 0 Å². The number of anilines is 2. The maximum Gasteiger partial charge on any atom is 0.416 e. The number of rotatable bonds is 5. The van der Waals surface area contributed by atoms with E-state index in [2.05, 4.69) is 25.7 Å². The van der Waals surface area contributed by atoms with Gasteiger partial charge in [-0.2, -0.15) is 23.4 Å². The van der Waals surface area contributed by atoms with Gasteiger partial charge in [-0.1, -0.05) is 6.07 Å². The Hall–Kier alpha value is -4.55. The second-order valence-electron chi connectivity index (χ2n) is 9.31. The normalized spacial score (nSPS) is 13.3. The Morgan fingerprint density at radius 3 is 2.54 bits per heavy atom. The van der Waals surface area contributed by atoms with Crippen LogP contribution in [-0.2, 0) is 25.7 Å². The first kappa shape index (κ1) is 26.1. The van der Waals surface area contributed by atoms with E-state index in [1.54, 1.807) is 24.5 Å². The first-order chi connectivity index (χ1) is 18.5. The maximum absolute atomic E-state index is 14.7. The van der Waals surface area contributed by atoms with Crippen molar-refractivity contribution in [3.05, 3.63) is 98.0 Å². The molecule has 4 aromatic rings. The van der Waals surface area contributed by atoms with E-state index >= 15 is 0 Å². The fourth-order valence-electron chi connectivity index (χ4n) is 4.40. The van der Waals surface area contributed by atoms with Crippen molar-refractivity contribution < 1.29 is 26.9 Å². The lowest BCUT2D eigenvalue weighted by molar-refractivity contribution is -0.697. The van der Waals surface area contributed by atoms with Gasteiger partial charge in [0.05, 0.1) is 29.1 Å². The van der Waals surface area contributed by atoms with E-state index in [9.17, 15) is 27.2 Å². The monoisotopic (exact) mass is 542 g/mol. The Balaban J connectivity index is 1.31. The third-order valence-electron chi connectivity index (χ3n) is 6.82. The first-order valence-electron chi connectivity index (χ1n) is 12.0. The number of H-pyrrole nitrogens is 2. The summed E-state index contributed by atoms with van der Waals surface area (Å²) in [4.78, 5) is 26.5. The van der Waals surface area contributed by atoms with Crippen LogP contribution in [0.25, 0.3) is 0 Å². The molecule has 0 atom stereocenters. The van der Waals surface area contributed by atoms with Crippen LogP contribution in [-0.4, -0.2) is 37.7 Å². The molecule has 9 nitrogen and oxygen atoms in total. The van der Waals surface area contributed by atoms with Gasteiger partial charge in [-0.05, 0) is 61.4 Å². The Morgan fingerprint density at radius 2 is 1.82 bits per heavy atom. The first-order valence-corrected chi connectivity index (χ1v) is 12.0. The largest absolute Gasteiger partial charge is 0.416 e. The highest BCUT2D eigenvalue weighted by Crippen LogP contribution is 2.30. The quantitative estimate of drug-likeness (QED) is 0.264. The predicted octanol–water partition coefficient (Wildman–Crippen LogP) is 3.55. The summed E-state index contributed by atoms with van der Waals surface area (Å²) in [7, 11) is 0. The summed E-state index contributed by atoms with van der Waals surface area (Å²) in [5.74, 6) is -0.193. The molecule has 0 aliphatic carbocycles. The minimum absolute atomic E-state index is 0.0811. The van der Waals surface area contributed by atoms with Gasteiger partial charge in [0.15, 0.2) is 0 Å². The number of alkyl halides is 3. The van der Waals surface area contributed by atoms with E-state index in [1.165, 1.54) is 29.2 Å². The molecule has 202 valence electrons. The van der Waals surface area contributed by atoms with E-state index < -0.39 is 23.5 Å². The van der Waals surface area contributed by atoms with Gasteiger partial charge in [0, 0.05) is 23.6 Å². The van der Waals surface area contributed by atoms with Gasteiger partial charge < -0.3 is 4.90 Å². The summed E-state index contributed by atoms with van der Waals surface area (Å²) in [5, 5.41) is 16.6. The highest BCUT2D eigenvalue weighted by Gasteiger charge is 2.32. The summed E-state index contributed by atoms with van der Waals surface area (Å²) in [5.41, 5.74) is 1.89. The molecule has 1 amide bonds. The third-order valence-corrected chi connectivity index (χ3v) is 6.82. The van der Waals surface area contributed by atoms with Crippen LogP contribution in [0.3, 0.4) is 0 Å². The summed E-state index contributed by atoms with van der Waals surface area (Å²) in [6.45, 7) is 4.21. The van der Waals surface area contributed by atoms with E-state index in [0.717, 1.165) is 17.7 Å². The number of halogens is 4. The maximum atomic E-state index is 14.7. The SMILES string of the molecule is Cc1c(Cc2ccc(F)c(C(=O)N3CC[n+]4c(Nc5ccc(C(F)(F)F)cc5)n[nH]c4C3)c2)n[nH]c(=O)c1C. The van der Waals surface area contributed by atoms with Gasteiger partial charge in [-0.3, -0.25) is 14.9 Å². The van der Waals surface area contributed by atoms with E-state index in [1.807, 2.05) is 0 Å². The van der Waals surface area contributed by atoms with Crippen molar-refractivity contribution in [2.75, 3.05) is 11.9 Å². The van der Waals surface area contributed by atoms with E-state index in [0.29, 0.717) is 47.2 Å². The average molecular weight is 543 g/mol. The van der Waals surface area contributed by atoms with Crippen molar-refractivity contribution in [1.29, 1.82) is 0 Å². The second kappa shape index (κ2) is 9.97. The highest BCUT2D eigenvalue weighted by atomic mass is 19.4. The number of aromatic nitrogens is 5. The number of fused-ring (bicyclic) bond motifs is 1. The van der Waals surface area contributed by atoms with Crippen LogP contribution in [0, 0.1) is 19.7 Å². The molecular formula is C26H24F4N7O2+. The zero-order chi connectivity index (χ0) is 27.9. The number of hydrogen-bond acceptors (Lipinski definition) is 5. The third kappa shape index (κ3) is 5.24. The number of carbonyl (C=O) groups is 1. The van der Waals surface area contributed by atoms with Crippen LogP contribution >= 0.6 is 0 Å². The standard InChI is InChI=1S/C26H23F4N7O2/c1-14-15(2)23(38)34-32-21(14)12-16-3-8-20(27)19(11-16)24(39)36-9-10-37-22(13-36)33-35-25(37)31-18-6-4-17(5-7-18)26(28,29)30/h3-8,11H,9-10,12-13H2,1-2H3,(H2,31,34,35,38)/p+1. The molecule has 3 heterocycles. The summed E-state index contributed by atoms with van der Waals surface area (Å²) in [6, 6.07) is 8.88. The topological polar surface area (TPSA) is 111 Å². The molecule has 5 rings (SSSR count). The highest BCUT2D eigenvalue weighted by molar-refractivity contribution is 5.94. The molecule has 2 aromatic carbocycles. The average Bonchev–Trinajstić information content (AvgIpc) is 3.31. The number of hydrogen-bond donors (Lipinski definition) is 3. The molecule has 0 spiro atoms. The van der Waals surface area contributed by atoms with E-state index in [4.69, 9.17) is 0 Å². The molecule has 13 heteroatoms. The van der Waals surface area contributed by atoms with E-state index in [-0.39, 0.29) is 24.2 Å². The molecule has 3 N–H and O–H groups in total. The Kier molecular flexibility index (Phi) is 6.66. The molecule has 0 fully saturated rings. The number of nitrogens with one attached hydrogen (secondary N) is 3. The Bertz CT molecular complexity index is 1610. The van der Waals surface area contributed by atoms with Crippen LogP contribution in [0.15, 0.2) is 47.3 Å². The van der Waals surface area contributed by atoms with Crippen LogP contribution < -0.4 is 15.4 Å². The summed E-state index contributed by atoms with van der Waals surface area (Å²) >= 11 is 0. The van der Waals surface area contributed by atoms with Gasteiger partial charge in [-0.25, -0.2) is 14.1 Å². The minimum atomic E-state index is -4.43. The van der Waals surface area contributed by atoms with Crippen LogP contribution in [0.4, 0.5) is 29.2 Å². The van der Waals surface area contributed by atoms with Gasteiger partial charge in [0.1, 0.15) is 12.4 Å². The second-order valence-corrected chi connectivity index (χ2v) is 9.31. The summed E-state index contributed by atoms with van der Waals surface area (Å²) in [6.07, 6.45) is -4.12. The number of aromatic amines is 2. The minimum Gasteiger partial charge on any atom is -0.326 e. The van der Waals surface area contributed by atoms with Crippen molar-refractivity contribution in [3.8, 4) is 0 Å². The van der Waals surface area contributed by atoms with Gasteiger partial charge in [0.25, 0.3) is 11.5 Å². The Labute approximate surface area is 219 Å². The van der Waals surface area contributed by atoms with Gasteiger partial charge in [-0.15, -0.1) is 0 Å². The molecule has 1 aliphatic heterocycles. The fraction of sp³-hybridized carbons (Fsp3) is 0.269. The summed E-state index contributed by atoms with van der Waals surface area (Å²) < 4.78 is 55.0. The van der Waals surface area contributed by atoms with Crippen molar-refractivity contribution in [1.82, 2.24) is 25.3 Å². The zero-order valence-corrected chi connectivity index (χ0v) is 21.0. The van der Waals surface area contributed by atoms with Crippen molar-refractivity contribution >= 4 is 17.5 Å². The smallest absolute Gasteiger partial charge is 0.326 e. The fourth-order valence-corrected chi connectivity index (χ4v) is 4.40. The molecule has 0 bridgehead atoms. The lowest BCUT2D eigenvalue weighted by Gasteiger charge is -2.26. The van der Waals surface area contributed by atoms with Gasteiger partial charge >= 0.3 is 12.1 Å². The van der Waals surface area contributed by atoms with Crippen molar-refractivity contribution in [3.63, 3.8) is 0 Å². The molecule has 0 saturated heterocycles. The van der Waals surface area contributed by atoms with Crippen LogP contribution in [0.1, 0.15) is 44.1 Å². The zero-order valence-electron chi connectivity index (χ0n) is 21.0. The Morgan fingerprint density at radius 1 is 1.08 bits per heavy atom. The number of carbonyl (C=O) groups excluding carboxylic acids is 1. The lowest BCUT2D eigenvalue weighted by atomic mass is 10.0. The molecule has 39 heavy (non-hydrogen) atoms. The lowest BCUT2D eigenvalue weighted by Crippen LogP contribution is -2.52. The number of nitrogens with zero attached hydrogens (tertiary/aromatic N) is 4. The molecule has 0 saturated carbocycles. The number of amides is 1. The number of benzene rings is 2. The van der Waals surface area contributed by atoms with Crippen LogP contribution in [0.5, 0.6) is 0 Å².